The van der Waals surface area contributed by atoms with Crippen LogP contribution in [0.4, 0.5) is 13.2 Å². The number of alkyl halides is 3. The summed E-state index contributed by atoms with van der Waals surface area (Å²) in [6, 6.07) is 5.63. The van der Waals surface area contributed by atoms with Crippen molar-refractivity contribution in [2.24, 2.45) is 13.0 Å². The SMILES string of the molecule is Cc1ncoc1-c1nnc(SCCCN2CC[C@H](C[C@@H](C)c3ccc(C(F)(F)F)cc3)C2)n1C. The van der Waals surface area contributed by atoms with Crippen LogP contribution in [-0.4, -0.2) is 50.0 Å². The number of rotatable bonds is 9. The highest BCUT2D eigenvalue weighted by atomic mass is 32.2. The number of aromatic nitrogens is 4. The average molecular weight is 494 g/mol. The van der Waals surface area contributed by atoms with E-state index in [1.54, 1.807) is 23.9 Å². The van der Waals surface area contributed by atoms with Crippen LogP contribution in [0.3, 0.4) is 0 Å². The highest BCUT2D eigenvalue weighted by molar-refractivity contribution is 7.99. The fourth-order valence-electron chi connectivity index (χ4n) is 4.55. The minimum atomic E-state index is -4.28. The smallest absolute Gasteiger partial charge is 0.416 e. The summed E-state index contributed by atoms with van der Waals surface area (Å²) >= 11 is 1.69. The molecule has 6 nitrogen and oxygen atoms in total. The summed E-state index contributed by atoms with van der Waals surface area (Å²) in [5.74, 6) is 3.11. The maximum atomic E-state index is 12.8. The maximum absolute atomic E-state index is 12.8. The minimum absolute atomic E-state index is 0.251. The summed E-state index contributed by atoms with van der Waals surface area (Å²) in [7, 11) is 1.93. The Kier molecular flexibility index (Phi) is 7.67. The number of thioether (sulfide) groups is 1. The highest BCUT2D eigenvalue weighted by Gasteiger charge is 2.30. The number of oxazole rings is 1. The molecular weight excluding hydrogens is 463 g/mol. The summed E-state index contributed by atoms with van der Waals surface area (Å²) in [5.41, 5.74) is 1.19. The molecular formula is C24H30F3N5OS. The number of halogens is 3. The first-order valence-corrected chi connectivity index (χ1v) is 12.5. The molecule has 4 rings (SSSR count). The van der Waals surface area contributed by atoms with E-state index in [2.05, 4.69) is 27.0 Å². The molecule has 1 saturated heterocycles. The van der Waals surface area contributed by atoms with Crippen molar-refractivity contribution in [2.75, 3.05) is 25.4 Å². The normalized spacial score (nSPS) is 18.0. The van der Waals surface area contributed by atoms with Crippen molar-refractivity contribution in [3.05, 3.63) is 47.5 Å². The molecule has 10 heteroatoms. The largest absolute Gasteiger partial charge is 0.440 e. The van der Waals surface area contributed by atoms with Crippen molar-refractivity contribution in [1.82, 2.24) is 24.6 Å². The fraction of sp³-hybridized carbons (Fsp3) is 0.542. The molecule has 34 heavy (non-hydrogen) atoms. The lowest BCUT2D eigenvalue weighted by molar-refractivity contribution is -0.137. The Bertz CT molecular complexity index is 1080. The maximum Gasteiger partial charge on any atom is 0.416 e. The third-order valence-electron chi connectivity index (χ3n) is 6.50. The van der Waals surface area contributed by atoms with Crippen LogP contribution in [0.25, 0.3) is 11.6 Å². The van der Waals surface area contributed by atoms with Crippen molar-refractivity contribution in [1.29, 1.82) is 0 Å². The van der Waals surface area contributed by atoms with E-state index < -0.39 is 11.7 Å². The number of nitrogens with zero attached hydrogens (tertiary/aromatic N) is 5. The minimum Gasteiger partial charge on any atom is -0.440 e. The zero-order chi connectivity index (χ0) is 24.3. The second kappa shape index (κ2) is 10.5. The Balaban J connectivity index is 1.19. The topological polar surface area (TPSA) is 60.0 Å². The van der Waals surface area contributed by atoms with Crippen LogP contribution in [0.5, 0.6) is 0 Å². The molecule has 0 bridgehead atoms. The van der Waals surface area contributed by atoms with Gasteiger partial charge in [0.15, 0.2) is 17.3 Å². The Morgan fingerprint density at radius 3 is 2.65 bits per heavy atom. The molecule has 0 spiro atoms. The average Bonchev–Trinajstić information content (AvgIpc) is 3.51. The molecule has 184 valence electrons. The van der Waals surface area contributed by atoms with E-state index in [9.17, 15) is 13.2 Å². The van der Waals surface area contributed by atoms with Gasteiger partial charge in [0.25, 0.3) is 0 Å². The fourth-order valence-corrected chi connectivity index (χ4v) is 5.39. The van der Waals surface area contributed by atoms with Crippen molar-refractivity contribution in [3.8, 4) is 11.6 Å². The van der Waals surface area contributed by atoms with Crippen LogP contribution in [0.1, 0.15) is 48.9 Å². The van der Waals surface area contributed by atoms with Crippen molar-refractivity contribution in [3.63, 3.8) is 0 Å². The quantitative estimate of drug-likeness (QED) is 0.278. The van der Waals surface area contributed by atoms with Gasteiger partial charge in [-0.25, -0.2) is 4.98 Å². The Hall–Kier alpha value is -2.33. The van der Waals surface area contributed by atoms with Crippen LogP contribution in [0.2, 0.25) is 0 Å². The molecule has 1 aliphatic rings. The molecule has 0 radical (unpaired) electrons. The van der Waals surface area contributed by atoms with Gasteiger partial charge in [-0.05, 0) is 68.8 Å². The van der Waals surface area contributed by atoms with Gasteiger partial charge in [-0.3, -0.25) is 0 Å². The second-order valence-electron chi connectivity index (χ2n) is 9.05. The van der Waals surface area contributed by atoms with Crippen LogP contribution >= 0.6 is 11.8 Å². The number of hydrogen-bond acceptors (Lipinski definition) is 6. The molecule has 0 amide bonds. The first-order chi connectivity index (χ1) is 16.2. The standard InChI is InChI=1S/C24H30F3N5OS/c1-16(19-5-7-20(8-6-19)24(25,26)27)13-18-9-11-32(14-18)10-4-12-34-23-30-29-22(31(23)3)21-17(2)28-15-33-21/h5-8,15-16,18H,4,9-14H2,1-3H3/t16-,18-/m1/s1. The first-order valence-electron chi connectivity index (χ1n) is 11.5. The van der Waals surface area contributed by atoms with E-state index in [-0.39, 0.29) is 5.92 Å². The number of aryl methyl sites for hydroxylation is 1. The van der Waals surface area contributed by atoms with Gasteiger partial charge in [-0.15, -0.1) is 10.2 Å². The molecule has 0 saturated carbocycles. The molecule has 2 atom stereocenters. The van der Waals surface area contributed by atoms with Crippen LogP contribution < -0.4 is 0 Å². The van der Waals surface area contributed by atoms with E-state index in [1.807, 2.05) is 18.5 Å². The summed E-state index contributed by atoms with van der Waals surface area (Å²) in [4.78, 5) is 6.61. The molecule has 1 aromatic carbocycles. The summed E-state index contributed by atoms with van der Waals surface area (Å²) < 4.78 is 45.7. The highest BCUT2D eigenvalue weighted by Crippen LogP contribution is 2.33. The predicted molar refractivity (Wildman–Crippen MR) is 126 cm³/mol. The Morgan fingerprint density at radius 2 is 1.97 bits per heavy atom. The van der Waals surface area contributed by atoms with Crippen molar-refractivity contribution >= 4 is 11.8 Å². The van der Waals surface area contributed by atoms with Gasteiger partial charge < -0.3 is 13.9 Å². The van der Waals surface area contributed by atoms with Gasteiger partial charge >= 0.3 is 6.18 Å². The molecule has 1 fully saturated rings. The lowest BCUT2D eigenvalue weighted by Crippen LogP contribution is -2.22. The van der Waals surface area contributed by atoms with Gasteiger partial charge in [0.2, 0.25) is 5.82 Å². The van der Waals surface area contributed by atoms with E-state index in [0.29, 0.717) is 17.5 Å². The van der Waals surface area contributed by atoms with Gasteiger partial charge in [0.1, 0.15) is 0 Å². The van der Waals surface area contributed by atoms with E-state index in [0.717, 1.165) is 61.1 Å². The third-order valence-corrected chi connectivity index (χ3v) is 7.60. The lowest BCUT2D eigenvalue weighted by atomic mass is 9.89. The van der Waals surface area contributed by atoms with Gasteiger partial charge in [-0.1, -0.05) is 30.8 Å². The molecule has 3 aromatic rings. The summed E-state index contributed by atoms with van der Waals surface area (Å²) in [6.07, 6.45) is 0.326. The zero-order valence-electron chi connectivity index (χ0n) is 19.7. The molecule has 1 aliphatic heterocycles. The van der Waals surface area contributed by atoms with Crippen LogP contribution in [0, 0.1) is 12.8 Å². The van der Waals surface area contributed by atoms with E-state index in [4.69, 9.17) is 4.42 Å². The molecule has 2 aromatic heterocycles. The number of likely N-dealkylation sites (tertiary alicyclic amines) is 1. The third kappa shape index (κ3) is 5.83. The van der Waals surface area contributed by atoms with Crippen molar-refractivity contribution in [2.45, 2.75) is 50.4 Å². The zero-order valence-corrected chi connectivity index (χ0v) is 20.5. The lowest BCUT2D eigenvalue weighted by Gasteiger charge is -2.19. The predicted octanol–water partition coefficient (Wildman–Crippen LogP) is 5.80. The Labute approximate surface area is 202 Å². The van der Waals surface area contributed by atoms with Gasteiger partial charge in [0.05, 0.1) is 11.3 Å². The van der Waals surface area contributed by atoms with Crippen LogP contribution in [0.15, 0.2) is 40.2 Å². The Morgan fingerprint density at radius 1 is 1.21 bits per heavy atom. The first kappa shape index (κ1) is 24.8. The molecule has 3 heterocycles. The van der Waals surface area contributed by atoms with E-state index >= 15 is 0 Å². The monoisotopic (exact) mass is 493 g/mol. The molecule has 0 unspecified atom stereocenters. The number of hydrogen-bond donors (Lipinski definition) is 0. The molecule has 0 aliphatic carbocycles. The molecule has 0 N–H and O–H groups in total. The second-order valence-corrected chi connectivity index (χ2v) is 10.1. The van der Waals surface area contributed by atoms with Crippen molar-refractivity contribution < 1.29 is 17.6 Å². The van der Waals surface area contributed by atoms with Gasteiger partial charge in [0, 0.05) is 19.3 Å². The van der Waals surface area contributed by atoms with E-state index in [1.165, 1.54) is 18.5 Å². The summed E-state index contributed by atoms with van der Waals surface area (Å²) in [6.45, 7) is 7.15. The van der Waals surface area contributed by atoms with Gasteiger partial charge in [-0.2, -0.15) is 13.2 Å². The number of benzene rings is 1. The van der Waals surface area contributed by atoms with Crippen LogP contribution in [-0.2, 0) is 13.2 Å². The summed E-state index contributed by atoms with van der Waals surface area (Å²) in [5, 5.41) is 9.39.